The summed E-state index contributed by atoms with van der Waals surface area (Å²) in [5.41, 5.74) is 6.38. The summed E-state index contributed by atoms with van der Waals surface area (Å²) in [4.78, 5) is 31.3. The number of hydrogen-bond donors (Lipinski definition) is 4. The number of aromatic amines is 1. The average Bonchev–Trinajstić information content (AvgIpc) is 3.28. The summed E-state index contributed by atoms with van der Waals surface area (Å²) < 4.78 is 16.9. The molecule has 14 nitrogen and oxygen atoms in total. The third kappa shape index (κ3) is 5.53. The van der Waals surface area contributed by atoms with Crippen molar-refractivity contribution >= 4 is 17.5 Å². The molecular formula is C23H23N9O5. The van der Waals surface area contributed by atoms with Crippen LogP contribution in [0.5, 0.6) is 17.5 Å². The number of methoxy groups -OCH3 is 2. The van der Waals surface area contributed by atoms with E-state index in [9.17, 15) is 9.59 Å². The highest BCUT2D eigenvalue weighted by molar-refractivity contribution is 5.98. The largest absolute Gasteiger partial charge is 0.481 e. The Bertz CT molecular complexity index is 1480. The number of hydrogen-bond acceptors (Lipinski definition) is 11. The lowest BCUT2D eigenvalue weighted by molar-refractivity contribution is -0.131. The van der Waals surface area contributed by atoms with Crippen molar-refractivity contribution in [3.05, 3.63) is 76.1 Å². The Hall–Kier alpha value is -5.27. The number of anilines is 1. The van der Waals surface area contributed by atoms with E-state index in [4.69, 9.17) is 25.4 Å². The Morgan fingerprint density at radius 3 is 2.49 bits per heavy atom. The van der Waals surface area contributed by atoms with E-state index in [-0.39, 0.29) is 40.6 Å². The number of amidine groups is 1. The minimum absolute atomic E-state index is 0.0900. The van der Waals surface area contributed by atoms with Crippen LogP contribution in [0.4, 0.5) is 5.69 Å². The van der Waals surface area contributed by atoms with Crippen molar-refractivity contribution in [1.82, 2.24) is 29.9 Å². The van der Waals surface area contributed by atoms with Crippen LogP contribution < -0.4 is 31.0 Å². The van der Waals surface area contributed by atoms with Crippen LogP contribution in [0, 0.1) is 5.41 Å². The van der Waals surface area contributed by atoms with E-state index in [2.05, 4.69) is 30.6 Å². The molecule has 190 valence electrons. The van der Waals surface area contributed by atoms with Gasteiger partial charge in [-0.2, -0.15) is 14.8 Å². The smallest absolute Gasteiger partial charge is 0.349 e. The first kappa shape index (κ1) is 24.8. The van der Waals surface area contributed by atoms with Crippen LogP contribution in [-0.4, -0.2) is 56.0 Å². The average molecular weight is 505 g/mol. The molecule has 0 aliphatic rings. The number of pyridine rings is 1. The summed E-state index contributed by atoms with van der Waals surface area (Å²) in [6, 6.07) is 10.4. The van der Waals surface area contributed by atoms with E-state index in [0.29, 0.717) is 11.3 Å². The SMILES string of the molecule is COc1cc([C@H](Nc2ccc(C(=N)N)c(OC(C)=O)c2)c2nn(-c3cccnn3)c(=O)[nH]2)cc(OC)n1. The number of esters is 1. The first-order valence-electron chi connectivity index (χ1n) is 10.8. The lowest BCUT2D eigenvalue weighted by Crippen LogP contribution is -2.17. The van der Waals surface area contributed by atoms with Gasteiger partial charge in [0, 0.05) is 37.0 Å². The molecule has 4 aromatic rings. The lowest BCUT2D eigenvalue weighted by atomic mass is 10.1. The zero-order valence-corrected chi connectivity index (χ0v) is 20.1. The van der Waals surface area contributed by atoms with Crippen molar-refractivity contribution in [2.45, 2.75) is 13.0 Å². The Morgan fingerprint density at radius 2 is 1.89 bits per heavy atom. The quantitative estimate of drug-likeness (QED) is 0.110. The normalized spacial score (nSPS) is 11.4. The van der Waals surface area contributed by atoms with Gasteiger partial charge < -0.3 is 25.3 Å². The summed E-state index contributed by atoms with van der Waals surface area (Å²) >= 11 is 0. The molecule has 3 heterocycles. The minimum atomic E-state index is -0.773. The van der Waals surface area contributed by atoms with Gasteiger partial charge in [-0.15, -0.1) is 10.2 Å². The van der Waals surface area contributed by atoms with Crippen LogP contribution in [0.25, 0.3) is 5.82 Å². The first-order valence-corrected chi connectivity index (χ1v) is 10.8. The van der Waals surface area contributed by atoms with E-state index in [0.717, 1.165) is 4.68 Å². The minimum Gasteiger partial charge on any atom is -0.481 e. The molecular weight excluding hydrogens is 482 g/mol. The summed E-state index contributed by atoms with van der Waals surface area (Å²) in [6.45, 7) is 1.24. The topological polar surface area (TPSA) is 196 Å². The molecule has 14 heteroatoms. The highest BCUT2D eigenvalue weighted by Crippen LogP contribution is 2.31. The molecule has 0 saturated carbocycles. The second-order valence-corrected chi connectivity index (χ2v) is 7.59. The number of nitrogens with two attached hydrogens (primary N) is 1. The Labute approximate surface area is 209 Å². The summed E-state index contributed by atoms with van der Waals surface area (Å²) in [6.07, 6.45) is 1.48. The maximum atomic E-state index is 12.8. The summed E-state index contributed by atoms with van der Waals surface area (Å²) in [5, 5.41) is 23.2. The van der Waals surface area contributed by atoms with Crippen LogP contribution >= 0.6 is 0 Å². The lowest BCUT2D eigenvalue weighted by Gasteiger charge is -2.20. The summed E-state index contributed by atoms with van der Waals surface area (Å²) in [5.74, 6) is 0.222. The number of rotatable bonds is 9. The molecule has 0 radical (unpaired) electrons. The number of nitrogens with zero attached hydrogens (tertiary/aromatic N) is 5. The second-order valence-electron chi connectivity index (χ2n) is 7.59. The maximum Gasteiger partial charge on any atom is 0.349 e. The molecule has 4 rings (SSSR count). The fraction of sp³-hybridized carbons (Fsp3) is 0.174. The third-order valence-corrected chi connectivity index (χ3v) is 5.07. The predicted octanol–water partition coefficient (Wildman–Crippen LogP) is 1.17. The van der Waals surface area contributed by atoms with Gasteiger partial charge in [-0.05, 0) is 29.8 Å². The maximum absolute atomic E-state index is 12.8. The van der Waals surface area contributed by atoms with Gasteiger partial charge in [0.2, 0.25) is 11.8 Å². The molecule has 0 spiro atoms. The highest BCUT2D eigenvalue weighted by Gasteiger charge is 2.23. The van der Waals surface area contributed by atoms with Crippen molar-refractivity contribution in [1.29, 1.82) is 5.41 Å². The molecule has 3 aromatic heterocycles. The highest BCUT2D eigenvalue weighted by atomic mass is 16.5. The van der Waals surface area contributed by atoms with Crippen LogP contribution in [0.2, 0.25) is 0 Å². The monoisotopic (exact) mass is 505 g/mol. The van der Waals surface area contributed by atoms with Gasteiger partial charge in [0.05, 0.1) is 19.8 Å². The Balaban J connectivity index is 1.83. The van der Waals surface area contributed by atoms with Crippen LogP contribution in [-0.2, 0) is 4.79 Å². The van der Waals surface area contributed by atoms with Gasteiger partial charge in [-0.25, -0.2) is 4.79 Å². The Morgan fingerprint density at radius 1 is 1.16 bits per heavy atom. The van der Waals surface area contributed by atoms with Crippen LogP contribution in [0.1, 0.15) is 29.9 Å². The number of carbonyl (C=O) groups is 1. The summed E-state index contributed by atoms with van der Waals surface area (Å²) in [7, 11) is 2.93. The number of H-pyrrole nitrogens is 1. The molecule has 37 heavy (non-hydrogen) atoms. The van der Waals surface area contributed by atoms with Gasteiger partial charge in [-0.1, -0.05) is 0 Å². The predicted molar refractivity (Wildman–Crippen MR) is 131 cm³/mol. The van der Waals surface area contributed by atoms with Gasteiger partial charge in [0.25, 0.3) is 0 Å². The molecule has 0 unspecified atom stereocenters. The number of carbonyl (C=O) groups excluding carboxylic acids is 1. The number of benzene rings is 1. The number of nitrogens with one attached hydrogen (secondary N) is 3. The fourth-order valence-electron chi connectivity index (χ4n) is 3.46. The zero-order valence-electron chi connectivity index (χ0n) is 20.1. The van der Waals surface area contributed by atoms with Crippen molar-refractivity contribution in [2.24, 2.45) is 5.73 Å². The molecule has 1 atom stereocenters. The molecule has 5 N–H and O–H groups in total. The van der Waals surface area contributed by atoms with Crippen molar-refractivity contribution < 1.29 is 19.0 Å². The van der Waals surface area contributed by atoms with Gasteiger partial charge in [-0.3, -0.25) is 15.2 Å². The second kappa shape index (κ2) is 10.6. The third-order valence-electron chi connectivity index (χ3n) is 5.07. The van der Waals surface area contributed by atoms with Crippen LogP contribution in [0.15, 0.2) is 53.5 Å². The Kier molecular flexibility index (Phi) is 7.09. The van der Waals surface area contributed by atoms with Crippen LogP contribution in [0.3, 0.4) is 0 Å². The van der Waals surface area contributed by atoms with Crippen molar-refractivity contribution in [2.75, 3.05) is 19.5 Å². The van der Waals surface area contributed by atoms with Crippen molar-refractivity contribution in [3.8, 4) is 23.3 Å². The van der Waals surface area contributed by atoms with Gasteiger partial charge >= 0.3 is 11.7 Å². The molecule has 1 aromatic carbocycles. The molecule has 0 aliphatic carbocycles. The van der Waals surface area contributed by atoms with E-state index >= 15 is 0 Å². The van der Waals surface area contributed by atoms with Gasteiger partial charge in [0.15, 0.2) is 11.6 Å². The van der Waals surface area contributed by atoms with E-state index in [1.165, 1.54) is 39.5 Å². The molecule has 0 saturated heterocycles. The molecule has 0 aliphatic heterocycles. The molecule has 0 fully saturated rings. The van der Waals surface area contributed by atoms with E-state index < -0.39 is 17.7 Å². The molecule has 0 amide bonds. The molecule has 0 bridgehead atoms. The first-order chi connectivity index (χ1) is 17.8. The van der Waals surface area contributed by atoms with Crippen molar-refractivity contribution in [3.63, 3.8) is 0 Å². The number of aromatic nitrogens is 6. The number of nitrogen functional groups attached to an aromatic ring is 1. The number of ether oxygens (including phenoxy) is 3. The fourth-order valence-corrected chi connectivity index (χ4v) is 3.46. The standard InChI is InChI=1S/C23H23N9O5/c1-12(33)37-16-11-14(6-7-15(16)21(24)25)27-20(13-9-18(35-2)28-19(10-13)36-3)22-29-23(34)32(31-22)17-5-4-8-26-30-17/h4-11,20,27H,1-3H3,(H3,24,25)(H,29,31,34)/t20-/m0/s1. The zero-order chi connectivity index (χ0) is 26.5. The van der Waals surface area contributed by atoms with E-state index in [1.54, 1.807) is 30.3 Å². The van der Waals surface area contributed by atoms with Gasteiger partial charge in [0.1, 0.15) is 17.6 Å². The van der Waals surface area contributed by atoms with E-state index in [1.807, 2.05) is 0 Å².